The smallest absolute Gasteiger partial charge is 0.145 e. The number of para-hydroxylation sites is 6. The van der Waals surface area contributed by atoms with Crippen molar-refractivity contribution in [1.29, 1.82) is 0 Å². The number of hydrogen-bond donors (Lipinski definition) is 0. The molecule has 0 aliphatic rings. The average molecular weight is 665 g/mol. The Morgan fingerprint density at radius 3 is 1.81 bits per heavy atom. The molecule has 0 amide bonds. The van der Waals surface area contributed by atoms with Gasteiger partial charge in [0.15, 0.2) is 0 Å². The Morgan fingerprint density at radius 1 is 0.442 bits per heavy atom. The maximum Gasteiger partial charge on any atom is 0.145 e. The molecule has 0 atom stereocenters. The fraction of sp³-hybridized carbons (Fsp3) is 0. The average Bonchev–Trinajstić information content (AvgIpc) is 3.62. The lowest BCUT2D eigenvalue weighted by Crippen LogP contribution is -2.11. The van der Waals surface area contributed by atoms with Crippen LogP contribution in [0.3, 0.4) is 0 Å². The molecule has 0 aliphatic heterocycles. The van der Waals surface area contributed by atoms with E-state index in [4.69, 9.17) is 9.97 Å². The highest BCUT2D eigenvalue weighted by Gasteiger charge is 2.21. The molecule has 2 heterocycles. The lowest BCUT2D eigenvalue weighted by molar-refractivity contribution is 1.10. The van der Waals surface area contributed by atoms with Gasteiger partial charge in [-0.25, -0.2) is 9.97 Å². The van der Waals surface area contributed by atoms with E-state index in [1.165, 1.54) is 10.8 Å². The predicted molar refractivity (Wildman–Crippen MR) is 217 cm³/mol. The van der Waals surface area contributed by atoms with E-state index >= 15 is 0 Å². The number of rotatable bonds is 6. The van der Waals surface area contributed by atoms with Crippen LogP contribution in [-0.4, -0.2) is 14.5 Å². The van der Waals surface area contributed by atoms with Gasteiger partial charge in [-0.05, 0) is 71.4 Å². The fourth-order valence-electron chi connectivity index (χ4n) is 7.61. The van der Waals surface area contributed by atoms with E-state index in [1.807, 2.05) is 0 Å². The van der Waals surface area contributed by atoms with E-state index in [0.29, 0.717) is 0 Å². The normalized spacial score (nSPS) is 11.5. The molecule has 0 unspecified atom stereocenters. The highest BCUT2D eigenvalue weighted by Crippen LogP contribution is 2.44. The Labute approximate surface area is 301 Å². The summed E-state index contributed by atoms with van der Waals surface area (Å²) in [6.45, 7) is 0. The Bertz CT molecular complexity index is 2840. The first kappa shape index (κ1) is 29.8. The van der Waals surface area contributed by atoms with Gasteiger partial charge in [0.05, 0.1) is 27.9 Å². The zero-order valence-corrected chi connectivity index (χ0v) is 28.3. The number of pyridine rings is 1. The zero-order valence-electron chi connectivity index (χ0n) is 28.3. The summed E-state index contributed by atoms with van der Waals surface area (Å²) in [5.74, 6) is 0.919. The third-order valence-corrected chi connectivity index (χ3v) is 9.93. The standard InChI is InChI=1S/C48H32N4/c1-5-16-33(17-6-1)46-41-31-28-34-32-35(48-49-42-25-13-14-26-43(42)52(48)38-22-11-4-12-23-38)29-30-39(34)45(41)40-24-15-27-44(47(40)50-46)51(36-18-7-2-8-19-36)37-20-9-3-10-21-37/h1-32H. The Kier molecular flexibility index (Phi) is 7.10. The first-order chi connectivity index (χ1) is 25.8. The van der Waals surface area contributed by atoms with Gasteiger partial charge in [0.25, 0.3) is 0 Å². The van der Waals surface area contributed by atoms with Crippen molar-refractivity contribution in [2.24, 2.45) is 0 Å². The summed E-state index contributed by atoms with van der Waals surface area (Å²) in [6, 6.07) is 68.3. The van der Waals surface area contributed by atoms with Gasteiger partial charge < -0.3 is 4.90 Å². The van der Waals surface area contributed by atoms with E-state index in [1.54, 1.807) is 0 Å². The van der Waals surface area contributed by atoms with E-state index in [9.17, 15) is 0 Å². The number of hydrogen-bond acceptors (Lipinski definition) is 3. The van der Waals surface area contributed by atoms with Crippen LogP contribution in [0.15, 0.2) is 194 Å². The molecule has 0 fully saturated rings. The van der Waals surface area contributed by atoms with Crippen molar-refractivity contribution in [2.75, 3.05) is 4.90 Å². The molecule has 52 heavy (non-hydrogen) atoms. The second-order valence-corrected chi connectivity index (χ2v) is 13.0. The van der Waals surface area contributed by atoms with Crippen LogP contribution >= 0.6 is 0 Å². The molecule has 10 aromatic rings. The largest absolute Gasteiger partial charge is 0.308 e. The van der Waals surface area contributed by atoms with Gasteiger partial charge in [0.1, 0.15) is 5.82 Å². The summed E-state index contributed by atoms with van der Waals surface area (Å²) in [7, 11) is 0. The summed E-state index contributed by atoms with van der Waals surface area (Å²) in [6.07, 6.45) is 0. The molecule has 10 rings (SSSR count). The van der Waals surface area contributed by atoms with Crippen LogP contribution < -0.4 is 4.90 Å². The first-order valence-corrected chi connectivity index (χ1v) is 17.6. The van der Waals surface area contributed by atoms with Gasteiger partial charge in [0.2, 0.25) is 0 Å². The molecule has 0 saturated heterocycles. The summed E-state index contributed by atoms with van der Waals surface area (Å²) < 4.78 is 2.26. The molecular weight excluding hydrogens is 633 g/mol. The van der Waals surface area contributed by atoms with Crippen LogP contribution in [0.5, 0.6) is 0 Å². The SMILES string of the molecule is c1ccc(-c2nc3c(N(c4ccccc4)c4ccccc4)cccc3c3c2ccc2cc(-c4nc5ccccc5n4-c4ccccc4)ccc23)cc1. The van der Waals surface area contributed by atoms with E-state index in [-0.39, 0.29) is 0 Å². The van der Waals surface area contributed by atoms with Crippen molar-refractivity contribution in [3.63, 3.8) is 0 Å². The molecule has 2 aromatic heterocycles. The minimum Gasteiger partial charge on any atom is -0.308 e. The quantitative estimate of drug-likeness (QED) is 0.166. The van der Waals surface area contributed by atoms with Crippen LogP contribution in [0.4, 0.5) is 17.1 Å². The van der Waals surface area contributed by atoms with Gasteiger partial charge >= 0.3 is 0 Å². The van der Waals surface area contributed by atoms with E-state index in [0.717, 1.165) is 78.1 Å². The van der Waals surface area contributed by atoms with Gasteiger partial charge in [-0.1, -0.05) is 133 Å². The molecule has 0 radical (unpaired) electrons. The molecular formula is C48H32N4. The molecule has 0 spiro atoms. The molecule has 0 N–H and O–H groups in total. The Morgan fingerprint density at radius 2 is 1.08 bits per heavy atom. The van der Waals surface area contributed by atoms with E-state index < -0.39 is 0 Å². The zero-order chi connectivity index (χ0) is 34.4. The second-order valence-electron chi connectivity index (χ2n) is 13.0. The second kappa shape index (κ2) is 12.4. The molecule has 4 heteroatoms. The third-order valence-electron chi connectivity index (χ3n) is 9.93. The van der Waals surface area contributed by atoms with Crippen molar-refractivity contribution in [2.45, 2.75) is 0 Å². The van der Waals surface area contributed by atoms with Crippen LogP contribution in [0.2, 0.25) is 0 Å². The van der Waals surface area contributed by atoms with E-state index in [2.05, 4.69) is 204 Å². The highest BCUT2D eigenvalue weighted by atomic mass is 15.1. The predicted octanol–water partition coefficient (Wildman–Crippen LogP) is 12.7. The van der Waals surface area contributed by atoms with Crippen molar-refractivity contribution >= 4 is 60.5 Å². The number of fused-ring (bicyclic) bond motifs is 6. The van der Waals surface area contributed by atoms with Gasteiger partial charge in [-0.3, -0.25) is 4.57 Å². The number of anilines is 3. The summed E-state index contributed by atoms with van der Waals surface area (Å²) in [5, 5.41) is 5.75. The Hall–Kier alpha value is -7.04. The number of benzene rings is 8. The number of aromatic nitrogens is 3. The lowest BCUT2D eigenvalue weighted by atomic mass is 9.93. The minimum absolute atomic E-state index is 0.919. The molecule has 244 valence electrons. The molecule has 8 aromatic carbocycles. The summed E-state index contributed by atoms with van der Waals surface area (Å²) in [5.41, 5.74) is 10.4. The molecule has 0 aliphatic carbocycles. The maximum atomic E-state index is 5.53. The molecule has 0 bridgehead atoms. The monoisotopic (exact) mass is 664 g/mol. The summed E-state index contributed by atoms with van der Waals surface area (Å²) >= 11 is 0. The van der Waals surface area contributed by atoms with Crippen molar-refractivity contribution in [3.05, 3.63) is 194 Å². The maximum absolute atomic E-state index is 5.53. The van der Waals surface area contributed by atoms with Crippen molar-refractivity contribution in [1.82, 2.24) is 14.5 Å². The highest BCUT2D eigenvalue weighted by molar-refractivity contribution is 6.24. The topological polar surface area (TPSA) is 34.0 Å². The number of imidazole rings is 1. The van der Waals surface area contributed by atoms with Crippen LogP contribution in [0, 0.1) is 0 Å². The first-order valence-electron chi connectivity index (χ1n) is 17.6. The Balaban J connectivity index is 1.26. The third kappa shape index (κ3) is 4.92. The number of nitrogens with zero attached hydrogens (tertiary/aromatic N) is 4. The van der Waals surface area contributed by atoms with Crippen molar-refractivity contribution < 1.29 is 0 Å². The van der Waals surface area contributed by atoms with Gasteiger partial charge in [0, 0.05) is 44.3 Å². The van der Waals surface area contributed by atoms with Crippen LogP contribution in [-0.2, 0) is 0 Å². The van der Waals surface area contributed by atoms with Crippen LogP contribution in [0.1, 0.15) is 0 Å². The molecule has 4 nitrogen and oxygen atoms in total. The minimum atomic E-state index is 0.919. The fourth-order valence-corrected chi connectivity index (χ4v) is 7.61. The lowest BCUT2D eigenvalue weighted by Gasteiger charge is -2.27. The van der Waals surface area contributed by atoms with Gasteiger partial charge in [-0.2, -0.15) is 0 Å². The van der Waals surface area contributed by atoms with Crippen molar-refractivity contribution in [3.8, 4) is 28.3 Å². The van der Waals surface area contributed by atoms with Crippen LogP contribution in [0.25, 0.3) is 71.8 Å². The molecule has 0 saturated carbocycles. The summed E-state index contributed by atoms with van der Waals surface area (Å²) in [4.78, 5) is 13.0. The van der Waals surface area contributed by atoms with Gasteiger partial charge in [-0.15, -0.1) is 0 Å².